The molecule has 5 rings (SSSR count). The Hall–Kier alpha value is -3.13. The van der Waals surface area contributed by atoms with Crippen molar-refractivity contribution in [2.75, 3.05) is 0 Å². The molecule has 0 bridgehead atoms. The van der Waals surface area contributed by atoms with Crippen molar-refractivity contribution in [1.82, 2.24) is 0 Å². The minimum absolute atomic E-state index is 0.630. The number of pyridine rings is 1. The molecule has 0 fully saturated rings. The molecule has 0 radical (unpaired) electrons. The SMILES string of the molecule is Cc1ccc2c(oc3c4ccccc4ccc23)c1-c1cc(CC(C)C)cc[n+]1C. The smallest absolute Gasteiger partial charge is 0.216 e. The normalized spacial score (nSPS) is 11.9. The van der Waals surface area contributed by atoms with E-state index in [4.69, 9.17) is 4.42 Å². The molecule has 0 spiro atoms. The lowest BCUT2D eigenvalue weighted by atomic mass is 9.97. The fourth-order valence-corrected chi connectivity index (χ4v) is 4.44. The van der Waals surface area contributed by atoms with Gasteiger partial charge in [0.25, 0.3) is 0 Å². The second-order valence-electron chi connectivity index (χ2n) is 8.53. The van der Waals surface area contributed by atoms with E-state index in [0.717, 1.165) is 17.6 Å². The highest BCUT2D eigenvalue weighted by Crippen LogP contribution is 2.39. The van der Waals surface area contributed by atoms with Crippen molar-refractivity contribution in [3.05, 3.63) is 78.0 Å². The molecular weight excluding hydrogens is 354 g/mol. The number of benzene rings is 3. The van der Waals surface area contributed by atoms with Gasteiger partial charge in [-0.15, -0.1) is 0 Å². The molecule has 0 saturated carbocycles. The Morgan fingerprint density at radius 3 is 2.45 bits per heavy atom. The van der Waals surface area contributed by atoms with Gasteiger partial charge in [-0.2, -0.15) is 0 Å². The molecule has 2 aromatic heterocycles. The lowest BCUT2D eigenvalue weighted by Crippen LogP contribution is -2.31. The molecular formula is C27H26NO+. The summed E-state index contributed by atoms with van der Waals surface area (Å²) in [6.45, 7) is 6.71. The Balaban J connectivity index is 1.85. The zero-order valence-corrected chi connectivity index (χ0v) is 17.5. The zero-order valence-electron chi connectivity index (χ0n) is 17.5. The van der Waals surface area contributed by atoms with Gasteiger partial charge in [0.2, 0.25) is 5.69 Å². The maximum atomic E-state index is 6.59. The number of nitrogens with zero attached hydrogens (tertiary/aromatic N) is 1. The van der Waals surface area contributed by atoms with E-state index in [0.29, 0.717) is 5.92 Å². The van der Waals surface area contributed by atoms with Gasteiger partial charge < -0.3 is 4.42 Å². The lowest BCUT2D eigenvalue weighted by Gasteiger charge is -2.09. The monoisotopic (exact) mass is 380 g/mol. The van der Waals surface area contributed by atoms with Crippen LogP contribution in [0.1, 0.15) is 25.0 Å². The zero-order chi connectivity index (χ0) is 20.1. The molecule has 29 heavy (non-hydrogen) atoms. The molecule has 3 aromatic carbocycles. The summed E-state index contributed by atoms with van der Waals surface area (Å²) in [5.41, 5.74) is 6.95. The van der Waals surface area contributed by atoms with Gasteiger partial charge in [0, 0.05) is 28.3 Å². The van der Waals surface area contributed by atoms with E-state index >= 15 is 0 Å². The van der Waals surface area contributed by atoms with Crippen LogP contribution in [0.25, 0.3) is 44.0 Å². The highest BCUT2D eigenvalue weighted by molar-refractivity contribution is 6.17. The van der Waals surface area contributed by atoms with Crippen LogP contribution in [0.15, 0.2) is 71.3 Å². The molecule has 0 saturated heterocycles. The van der Waals surface area contributed by atoms with E-state index in [1.807, 2.05) is 0 Å². The molecule has 144 valence electrons. The van der Waals surface area contributed by atoms with Gasteiger partial charge in [-0.05, 0) is 41.8 Å². The highest BCUT2D eigenvalue weighted by atomic mass is 16.3. The Morgan fingerprint density at radius 2 is 1.62 bits per heavy atom. The third-order valence-corrected chi connectivity index (χ3v) is 5.85. The fourth-order valence-electron chi connectivity index (χ4n) is 4.44. The summed E-state index contributed by atoms with van der Waals surface area (Å²) in [4.78, 5) is 0. The van der Waals surface area contributed by atoms with Gasteiger partial charge in [-0.3, -0.25) is 0 Å². The highest BCUT2D eigenvalue weighted by Gasteiger charge is 2.21. The number of fused-ring (bicyclic) bond motifs is 5. The predicted molar refractivity (Wildman–Crippen MR) is 121 cm³/mol. The van der Waals surface area contributed by atoms with Crippen molar-refractivity contribution in [3.8, 4) is 11.3 Å². The first-order valence-electron chi connectivity index (χ1n) is 10.4. The van der Waals surface area contributed by atoms with Crippen LogP contribution in [-0.4, -0.2) is 0 Å². The van der Waals surface area contributed by atoms with E-state index in [-0.39, 0.29) is 0 Å². The first-order valence-corrected chi connectivity index (χ1v) is 10.4. The Morgan fingerprint density at radius 1 is 0.862 bits per heavy atom. The minimum atomic E-state index is 0.630. The molecule has 0 aliphatic carbocycles. The number of hydrogen-bond donors (Lipinski definition) is 0. The summed E-state index contributed by atoms with van der Waals surface area (Å²) < 4.78 is 8.80. The van der Waals surface area contributed by atoms with E-state index in [2.05, 4.69) is 99.2 Å². The standard InChI is InChI=1S/C27H26NO/c1-17(2)15-19-13-14-28(4)24(16-19)25-18(3)9-11-23-22-12-10-20-7-5-6-8-21(20)26(22)29-27(23)25/h5-14,16-17H,15H2,1-4H3/q+1. The van der Waals surface area contributed by atoms with Crippen LogP contribution < -0.4 is 4.57 Å². The molecule has 0 amide bonds. The van der Waals surface area contributed by atoms with E-state index < -0.39 is 0 Å². The van der Waals surface area contributed by atoms with E-state index in [1.165, 1.54) is 43.9 Å². The van der Waals surface area contributed by atoms with Gasteiger partial charge >= 0.3 is 0 Å². The van der Waals surface area contributed by atoms with Crippen molar-refractivity contribution >= 4 is 32.7 Å². The summed E-state index contributed by atoms with van der Waals surface area (Å²) in [7, 11) is 2.12. The van der Waals surface area contributed by atoms with Gasteiger partial charge in [-0.1, -0.05) is 56.3 Å². The third-order valence-electron chi connectivity index (χ3n) is 5.85. The maximum Gasteiger partial charge on any atom is 0.216 e. The first-order chi connectivity index (χ1) is 14.0. The number of hydrogen-bond acceptors (Lipinski definition) is 1. The summed E-state index contributed by atoms with van der Waals surface area (Å²) >= 11 is 0. The van der Waals surface area contributed by atoms with Crippen LogP contribution in [0, 0.1) is 12.8 Å². The maximum absolute atomic E-state index is 6.59. The molecule has 0 aliphatic heterocycles. The molecule has 0 aliphatic rings. The predicted octanol–water partition coefficient (Wildman–Crippen LogP) is 6.74. The third kappa shape index (κ3) is 2.91. The second kappa shape index (κ2) is 6.73. The minimum Gasteiger partial charge on any atom is -0.454 e. The van der Waals surface area contributed by atoms with Crippen molar-refractivity contribution in [2.24, 2.45) is 13.0 Å². The summed E-state index contributed by atoms with van der Waals surface area (Å²) in [6, 6.07) is 21.8. The summed E-state index contributed by atoms with van der Waals surface area (Å²) in [5, 5.41) is 4.74. The molecule has 2 heteroatoms. The van der Waals surface area contributed by atoms with Crippen LogP contribution in [0.4, 0.5) is 0 Å². The molecule has 2 heterocycles. The molecule has 2 nitrogen and oxygen atoms in total. The van der Waals surface area contributed by atoms with Crippen LogP contribution in [0.5, 0.6) is 0 Å². The largest absolute Gasteiger partial charge is 0.454 e. The number of aromatic nitrogens is 1. The van der Waals surface area contributed by atoms with Crippen LogP contribution >= 0.6 is 0 Å². The van der Waals surface area contributed by atoms with Crippen molar-refractivity contribution in [1.29, 1.82) is 0 Å². The number of rotatable bonds is 3. The fraction of sp³-hybridized carbons (Fsp3) is 0.222. The van der Waals surface area contributed by atoms with E-state index in [1.54, 1.807) is 0 Å². The summed E-state index contributed by atoms with van der Waals surface area (Å²) in [5.74, 6) is 0.630. The quantitative estimate of drug-likeness (QED) is 0.317. The second-order valence-corrected chi connectivity index (χ2v) is 8.53. The van der Waals surface area contributed by atoms with Gasteiger partial charge in [-0.25, -0.2) is 4.57 Å². The van der Waals surface area contributed by atoms with Crippen LogP contribution in [0.2, 0.25) is 0 Å². The molecule has 0 N–H and O–H groups in total. The van der Waals surface area contributed by atoms with Crippen LogP contribution in [0.3, 0.4) is 0 Å². The Bertz CT molecular complexity index is 1370. The van der Waals surface area contributed by atoms with Crippen molar-refractivity contribution in [2.45, 2.75) is 27.2 Å². The Labute approximate surface area is 171 Å². The molecule has 0 unspecified atom stereocenters. The van der Waals surface area contributed by atoms with Gasteiger partial charge in [0.1, 0.15) is 18.2 Å². The van der Waals surface area contributed by atoms with E-state index in [9.17, 15) is 0 Å². The average molecular weight is 381 g/mol. The number of furan rings is 1. The van der Waals surface area contributed by atoms with Gasteiger partial charge in [0.05, 0.1) is 5.56 Å². The van der Waals surface area contributed by atoms with Crippen molar-refractivity contribution in [3.63, 3.8) is 0 Å². The molecule has 0 atom stereocenters. The lowest BCUT2D eigenvalue weighted by molar-refractivity contribution is -0.660. The Kier molecular flexibility index (Phi) is 4.16. The van der Waals surface area contributed by atoms with Gasteiger partial charge in [0.15, 0.2) is 6.20 Å². The number of aryl methyl sites for hydroxylation is 2. The van der Waals surface area contributed by atoms with Crippen LogP contribution in [-0.2, 0) is 13.5 Å². The van der Waals surface area contributed by atoms with Crippen molar-refractivity contribution < 1.29 is 8.98 Å². The summed E-state index contributed by atoms with van der Waals surface area (Å²) in [6.07, 6.45) is 3.25. The first kappa shape index (κ1) is 17.9. The average Bonchev–Trinajstić information content (AvgIpc) is 3.08. The topological polar surface area (TPSA) is 17.0 Å². The molecule has 5 aromatic rings.